The molecule has 0 unspecified atom stereocenters. The summed E-state index contributed by atoms with van der Waals surface area (Å²) in [6.45, 7) is 4.63. The molecule has 2 N–H and O–H groups in total. The van der Waals surface area contributed by atoms with Gasteiger partial charge >= 0.3 is 0 Å². The zero-order valence-electron chi connectivity index (χ0n) is 14.9. The molecule has 7 heteroatoms. The Morgan fingerprint density at radius 1 is 1.15 bits per heavy atom. The number of halogens is 3. The number of nitrogens with zero attached hydrogens (tertiary/aromatic N) is 1. The molecule has 0 aliphatic carbocycles. The second-order valence-corrected chi connectivity index (χ2v) is 7.34. The van der Waals surface area contributed by atoms with Crippen LogP contribution in [0.1, 0.15) is 19.8 Å². The molecule has 0 atom stereocenters. The van der Waals surface area contributed by atoms with Crippen LogP contribution in [0.15, 0.2) is 30.6 Å². The van der Waals surface area contributed by atoms with Crippen molar-refractivity contribution in [2.24, 2.45) is 5.41 Å². The number of nitrogens with one attached hydrogen (secondary N) is 2. The smallest absolute Gasteiger partial charge is 0.194 e. The van der Waals surface area contributed by atoms with Crippen LogP contribution in [-0.2, 0) is 0 Å². The first-order valence-electron chi connectivity index (χ1n) is 8.91. The summed E-state index contributed by atoms with van der Waals surface area (Å²) in [6.07, 6.45) is 5.24. The lowest BCUT2D eigenvalue weighted by Crippen LogP contribution is -2.38. The van der Waals surface area contributed by atoms with Gasteiger partial charge in [0.1, 0.15) is 11.4 Å². The van der Waals surface area contributed by atoms with Gasteiger partial charge in [-0.15, -0.1) is 0 Å². The first-order valence-corrected chi connectivity index (χ1v) is 8.91. The monoisotopic (exact) mass is 375 g/mol. The van der Waals surface area contributed by atoms with Crippen molar-refractivity contribution in [3.63, 3.8) is 0 Å². The number of ether oxygens (including phenoxy) is 1. The molecule has 1 aliphatic heterocycles. The van der Waals surface area contributed by atoms with Crippen LogP contribution >= 0.6 is 0 Å². The Labute approximate surface area is 154 Å². The van der Waals surface area contributed by atoms with Crippen molar-refractivity contribution < 1.29 is 17.9 Å². The number of benzene rings is 1. The van der Waals surface area contributed by atoms with E-state index in [4.69, 9.17) is 4.74 Å². The summed E-state index contributed by atoms with van der Waals surface area (Å²) in [5, 5.41) is 3.96. The van der Waals surface area contributed by atoms with Crippen molar-refractivity contribution in [3.8, 4) is 16.9 Å². The molecule has 3 aromatic rings. The largest absolute Gasteiger partial charge is 0.492 e. The van der Waals surface area contributed by atoms with Crippen LogP contribution in [-0.4, -0.2) is 29.7 Å². The van der Waals surface area contributed by atoms with Gasteiger partial charge in [0.25, 0.3) is 0 Å². The van der Waals surface area contributed by atoms with E-state index in [0.29, 0.717) is 29.0 Å². The highest BCUT2D eigenvalue weighted by molar-refractivity contribution is 5.98. The quantitative estimate of drug-likeness (QED) is 0.664. The van der Waals surface area contributed by atoms with Gasteiger partial charge in [0.2, 0.25) is 0 Å². The molecule has 1 fully saturated rings. The summed E-state index contributed by atoms with van der Waals surface area (Å²) in [5.74, 6) is -3.35. The molecule has 1 aromatic carbocycles. The highest BCUT2D eigenvalue weighted by Gasteiger charge is 2.28. The predicted molar refractivity (Wildman–Crippen MR) is 97.1 cm³/mol. The molecule has 3 heterocycles. The van der Waals surface area contributed by atoms with E-state index in [2.05, 4.69) is 22.2 Å². The van der Waals surface area contributed by atoms with Crippen LogP contribution < -0.4 is 10.1 Å². The SMILES string of the molecule is CC1(COc2ccnc3[nH]cc(-c4cc(F)c(F)c(F)c4)c23)CCNCC1. The van der Waals surface area contributed by atoms with Crippen LogP contribution in [0.25, 0.3) is 22.2 Å². The average molecular weight is 375 g/mol. The van der Waals surface area contributed by atoms with E-state index in [1.54, 1.807) is 18.5 Å². The lowest BCUT2D eigenvalue weighted by molar-refractivity contribution is 0.124. The molecule has 0 amide bonds. The fraction of sp³-hybridized carbons (Fsp3) is 0.350. The van der Waals surface area contributed by atoms with E-state index >= 15 is 0 Å². The van der Waals surface area contributed by atoms with Crippen LogP contribution in [0.3, 0.4) is 0 Å². The van der Waals surface area contributed by atoms with Gasteiger partial charge in [-0.2, -0.15) is 0 Å². The Bertz CT molecular complexity index is 957. The van der Waals surface area contributed by atoms with Crippen LogP contribution in [0.4, 0.5) is 13.2 Å². The summed E-state index contributed by atoms with van der Waals surface area (Å²) in [7, 11) is 0. The van der Waals surface area contributed by atoms with E-state index in [1.807, 2.05) is 0 Å². The van der Waals surface area contributed by atoms with E-state index in [1.165, 1.54) is 0 Å². The number of rotatable bonds is 4. The van der Waals surface area contributed by atoms with Crippen molar-refractivity contribution in [1.82, 2.24) is 15.3 Å². The summed E-state index contributed by atoms with van der Waals surface area (Å²) in [6, 6.07) is 3.69. The number of fused-ring (bicyclic) bond motifs is 1. The van der Waals surface area contributed by atoms with Gasteiger partial charge < -0.3 is 15.0 Å². The molecule has 0 bridgehead atoms. The van der Waals surface area contributed by atoms with Gasteiger partial charge in [0.05, 0.1) is 12.0 Å². The summed E-state index contributed by atoms with van der Waals surface area (Å²) in [4.78, 5) is 7.24. The minimum atomic E-state index is -1.48. The van der Waals surface area contributed by atoms with Crippen LogP contribution in [0.2, 0.25) is 0 Å². The van der Waals surface area contributed by atoms with Gasteiger partial charge in [-0.1, -0.05) is 6.92 Å². The van der Waals surface area contributed by atoms with Crippen molar-refractivity contribution in [2.45, 2.75) is 19.8 Å². The Hall–Kier alpha value is -2.54. The van der Waals surface area contributed by atoms with E-state index in [9.17, 15) is 13.2 Å². The van der Waals surface area contributed by atoms with E-state index < -0.39 is 17.5 Å². The molecular formula is C20H20F3N3O. The Kier molecular flexibility index (Phi) is 4.55. The number of hydrogen-bond donors (Lipinski definition) is 2. The third-order valence-electron chi connectivity index (χ3n) is 5.22. The molecule has 4 nitrogen and oxygen atoms in total. The number of H-pyrrole nitrogens is 1. The first kappa shape index (κ1) is 17.9. The normalized spacial score (nSPS) is 16.6. The van der Waals surface area contributed by atoms with Crippen molar-refractivity contribution >= 4 is 11.0 Å². The molecule has 0 spiro atoms. The van der Waals surface area contributed by atoms with Gasteiger partial charge in [0, 0.05) is 23.4 Å². The van der Waals surface area contributed by atoms with Crippen LogP contribution in [0.5, 0.6) is 5.75 Å². The van der Waals surface area contributed by atoms with Gasteiger partial charge in [-0.25, -0.2) is 18.2 Å². The van der Waals surface area contributed by atoms with E-state index in [-0.39, 0.29) is 11.0 Å². The number of aromatic amines is 1. The minimum absolute atomic E-state index is 0.0609. The molecule has 0 radical (unpaired) electrons. The molecule has 0 saturated carbocycles. The van der Waals surface area contributed by atoms with Crippen molar-refractivity contribution in [1.29, 1.82) is 0 Å². The number of piperidine rings is 1. The molecule has 1 saturated heterocycles. The maximum absolute atomic E-state index is 13.7. The van der Waals surface area contributed by atoms with Crippen molar-refractivity contribution in [3.05, 3.63) is 48.0 Å². The highest BCUT2D eigenvalue weighted by atomic mass is 19.2. The molecule has 142 valence electrons. The molecular weight excluding hydrogens is 355 g/mol. The molecule has 1 aliphatic rings. The topological polar surface area (TPSA) is 49.9 Å². The Morgan fingerprint density at radius 3 is 2.56 bits per heavy atom. The number of aromatic nitrogens is 2. The Morgan fingerprint density at radius 2 is 1.85 bits per heavy atom. The average Bonchev–Trinajstić information content (AvgIpc) is 3.09. The number of hydrogen-bond acceptors (Lipinski definition) is 3. The maximum atomic E-state index is 13.7. The summed E-state index contributed by atoms with van der Waals surface area (Å²) in [5.41, 5.74) is 1.35. The molecule has 4 rings (SSSR count). The van der Waals surface area contributed by atoms with Gasteiger partial charge in [-0.05, 0) is 49.7 Å². The zero-order chi connectivity index (χ0) is 19.0. The lowest BCUT2D eigenvalue weighted by atomic mass is 9.82. The maximum Gasteiger partial charge on any atom is 0.194 e. The fourth-order valence-corrected chi connectivity index (χ4v) is 3.51. The van der Waals surface area contributed by atoms with Gasteiger partial charge in [0.15, 0.2) is 17.5 Å². The third-order valence-corrected chi connectivity index (χ3v) is 5.22. The zero-order valence-corrected chi connectivity index (χ0v) is 14.9. The fourth-order valence-electron chi connectivity index (χ4n) is 3.51. The van der Waals surface area contributed by atoms with Crippen LogP contribution in [0, 0.1) is 22.9 Å². The second-order valence-electron chi connectivity index (χ2n) is 7.34. The van der Waals surface area contributed by atoms with Gasteiger partial charge in [-0.3, -0.25) is 0 Å². The minimum Gasteiger partial charge on any atom is -0.492 e. The number of pyridine rings is 1. The predicted octanol–water partition coefficient (Wildman–Crippen LogP) is 4.42. The standard InChI is InChI=1S/C20H20F3N3O/c1-20(3-6-24-7-4-20)11-27-16-2-5-25-19-17(16)13(10-26-19)12-8-14(21)18(23)15(22)9-12/h2,5,8-10,24H,3-4,6-7,11H2,1H3,(H,25,26). The molecule has 2 aromatic heterocycles. The Balaban J connectivity index is 1.71. The first-order chi connectivity index (χ1) is 13.0. The highest BCUT2D eigenvalue weighted by Crippen LogP contribution is 2.37. The lowest BCUT2D eigenvalue weighted by Gasteiger charge is -2.33. The summed E-state index contributed by atoms with van der Waals surface area (Å²) < 4.78 is 46.8. The molecule has 27 heavy (non-hydrogen) atoms. The van der Waals surface area contributed by atoms with E-state index in [0.717, 1.165) is 38.1 Å². The van der Waals surface area contributed by atoms with Crippen molar-refractivity contribution in [2.75, 3.05) is 19.7 Å². The second kappa shape index (κ2) is 6.88. The third kappa shape index (κ3) is 3.39. The summed E-state index contributed by atoms with van der Waals surface area (Å²) >= 11 is 0.